The fraction of sp³-hybridized carbons (Fsp3) is 0.409. The Morgan fingerprint density at radius 1 is 1.07 bits per heavy atom. The van der Waals surface area contributed by atoms with Crippen molar-refractivity contribution in [2.45, 2.75) is 46.3 Å². The van der Waals surface area contributed by atoms with Gasteiger partial charge in [0.1, 0.15) is 17.3 Å². The van der Waals surface area contributed by atoms with Crippen molar-refractivity contribution >= 4 is 5.91 Å². The predicted octanol–water partition coefficient (Wildman–Crippen LogP) is 3.67. The Morgan fingerprint density at radius 3 is 2.25 bits per heavy atom. The zero-order valence-electron chi connectivity index (χ0n) is 16.9. The molecule has 1 unspecified atom stereocenters. The smallest absolute Gasteiger partial charge is 0.219 e. The standard InChI is InChI=1S/C15H21FN2O.C7H8O2/c1-11-9-18(13(3)19)12(2)8-17(11)10-14-4-6-15(16)7-5-14;1-5-2-3-6(8)4-7(5)9/h4-7,11-12H,8-10H2,1-3H3;2-4,8-9H,1H3/t11?,12-;/m0./s1. The number of benzene rings is 2. The molecule has 152 valence electrons. The molecule has 28 heavy (non-hydrogen) atoms. The lowest BCUT2D eigenvalue weighted by atomic mass is 10.1. The van der Waals surface area contributed by atoms with Crippen molar-refractivity contribution in [3.63, 3.8) is 0 Å². The van der Waals surface area contributed by atoms with Crippen molar-refractivity contribution < 1.29 is 19.4 Å². The highest BCUT2D eigenvalue weighted by molar-refractivity contribution is 5.73. The normalized spacial score (nSPS) is 19.7. The van der Waals surface area contributed by atoms with Gasteiger partial charge in [-0.1, -0.05) is 18.2 Å². The molecule has 2 aromatic rings. The summed E-state index contributed by atoms with van der Waals surface area (Å²) in [6.07, 6.45) is 0. The van der Waals surface area contributed by atoms with E-state index in [0.29, 0.717) is 6.04 Å². The number of aromatic hydroxyl groups is 2. The summed E-state index contributed by atoms with van der Waals surface area (Å²) < 4.78 is 12.9. The number of aryl methyl sites for hydroxylation is 1. The maximum absolute atomic E-state index is 12.9. The van der Waals surface area contributed by atoms with Crippen LogP contribution in [0.5, 0.6) is 11.5 Å². The number of piperazine rings is 1. The van der Waals surface area contributed by atoms with Crippen LogP contribution in [-0.4, -0.2) is 51.1 Å². The van der Waals surface area contributed by atoms with Gasteiger partial charge in [0.15, 0.2) is 0 Å². The molecule has 1 saturated heterocycles. The van der Waals surface area contributed by atoms with Crippen LogP contribution in [0.3, 0.4) is 0 Å². The van der Waals surface area contributed by atoms with E-state index in [1.54, 1.807) is 19.9 Å². The highest BCUT2D eigenvalue weighted by atomic mass is 19.1. The van der Waals surface area contributed by atoms with Gasteiger partial charge in [-0.25, -0.2) is 4.39 Å². The molecule has 0 aliphatic carbocycles. The number of phenols is 2. The second kappa shape index (κ2) is 9.55. The summed E-state index contributed by atoms with van der Waals surface area (Å²) in [5, 5.41) is 17.7. The molecule has 2 aromatic carbocycles. The second-order valence-corrected chi connectivity index (χ2v) is 7.40. The number of halogens is 1. The lowest BCUT2D eigenvalue weighted by molar-refractivity contribution is -0.134. The number of amides is 1. The number of phenolic OH excluding ortho intramolecular Hbond substituents is 2. The van der Waals surface area contributed by atoms with E-state index in [1.807, 2.05) is 17.0 Å². The van der Waals surface area contributed by atoms with Crippen LogP contribution in [0.15, 0.2) is 42.5 Å². The largest absolute Gasteiger partial charge is 0.508 e. The molecule has 2 atom stereocenters. The van der Waals surface area contributed by atoms with Crippen molar-refractivity contribution in [2.75, 3.05) is 13.1 Å². The first-order chi connectivity index (χ1) is 13.2. The van der Waals surface area contributed by atoms with Crippen molar-refractivity contribution in [3.8, 4) is 11.5 Å². The maximum atomic E-state index is 12.9. The first kappa shape index (κ1) is 21.7. The van der Waals surface area contributed by atoms with Gasteiger partial charge in [-0.15, -0.1) is 0 Å². The van der Waals surface area contributed by atoms with Gasteiger partial charge in [0, 0.05) is 44.7 Å². The molecule has 1 aliphatic heterocycles. The zero-order chi connectivity index (χ0) is 20.8. The third-order valence-corrected chi connectivity index (χ3v) is 5.01. The van der Waals surface area contributed by atoms with Crippen LogP contribution in [0.25, 0.3) is 0 Å². The summed E-state index contributed by atoms with van der Waals surface area (Å²) in [5.74, 6) is 0.167. The fourth-order valence-corrected chi connectivity index (χ4v) is 3.28. The van der Waals surface area contributed by atoms with Crippen molar-refractivity contribution in [2.24, 2.45) is 0 Å². The minimum absolute atomic E-state index is 0.0955. The number of hydrogen-bond acceptors (Lipinski definition) is 4. The Bertz CT molecular complexity index is 795. The van der Waals surface area contributed by atoms with E-state index >= 15 is 0 Å². The Kier molecular flexibility index (Phi) is 7.40. The summed E-state index contributed by atoms with van der Waals surface area (Å²) in [6, 6.07) is 11.7. The van der Waals surface area contributed by atoms with E-state index in [0.717, 1.165) is 30.8 Å². The summed E-state index contributed by atoms with van der Waals surface area (Å²) >= 11 is 0. The first-order valence-corrected chi connectivity index (χ1v) is 9.41. The molecule has 0 saturated carbocycles. The number of carbonyl (C=O) groups is 1. The molecule has 5 nitrogen and oxygen atoms in total. The van der Waals surface area contributed by atoms with Crippen LogP contribution in [0, 0.1) is 12.7 Å². The summed E-state index contributed by atoms with van der Waals surface area (Å²) in [5.41, 5.74) is 1.88. The van der Waals surface area contributed by atoms with Crippen LogP contribution >= 0.6 is 0 Å². The fourth-order valence-electron chi connectivity index (χ4n) is 3.28. The lowest BCUT2D eigenvalue weighted by Crippen LogP contribution is -2.57. The molecule has 0 aromatic heterocycles. The highest BCUT2D eigenvalue weighted by Crippen LogP contribution is 2.21. The molecule has 1 aliphatic rings. The quantitative estimate of drug-likeness (QED) is 0.824. The summed E-state index contributed by atoms with van der Waals surface area (Å²) in [7, 11) is 0. The molecule has 0 bridgehead atoms. The van der Waals surface area contributed by atoms with E-state index in [9.17, 15) is 9.18 Å². The molecule has 1 amide bonds. The van der Waals surface area contributed by atoms with E-state index in [4.69, 9.17) is 10.2 Å². The number of hydrogen-bond donors (Lipinski definition) is 2. The summed E-state index contributed by atoms with van der Waals surface area (Å²) in [4.78, 5) is 15.8. The van der Waals surface area contributed by atoms with Gasteiger partial charge < -0.3 is 15.1 Å². The van der Waals surface area contributed by atoms with Gasteiger partial charge in [-0.3, -0.25) is 9.69 Å². The third-order valence-electron chi connectivity index (χ3n) is 5.01. The number of carbonyl (C=O) groups excluding carboxylic acids is 1. The van der Waals surface area contributed by atoms with Gasteiger partial charge in [-0.05, 0) is 50.1 Å². The molecule has 2 N–H and O–H groups in total. The van der Waals surface area contributed by atoms with Crippen LogP contribution in [0.1, 0.15) is 31.9 Å². The molecular weight excluding hydrogens is 359 g/mol. The minimum atomic E-state index is -0.202. The number of rotatable bonds is 2. The van der Waals surface area contributed by atoms with E-state index < -0.39 is 0 Å². The highest BCUT2D eigenvalue weighted by Gasteiger charge is 2.30. The Balaban J connectivity index is 0.000000261. The Morgan fingerprint density at radius 2 is 1.71 bits per heavy atom. The van der Waals surface area contributed by atoms with Gasteiger partial charge >= 0.3 is 0 Å². The molecule has 1 heterocycles. The predicted molar refractivity (Wildman–Crippen MR) is 108 cm³/mol. The van der Waals surface area contributed by atoms with Crippen LogP contribution in [0.2, 0.25) is 0 Å². The van der Waals surface area contributed by atoms with Crippen LogP contribution < -0.4 is 0 Å². The van der Waals surface area contributed by atoms with Gasteiger partial charge in [0.25, 0.3) is 0 Å². The van der Waals surface area contributed by atoms with Crippen molar-refractivity contribution in [1.82, 2.24) is 9.80 Å². The molecule has 6 heteroatoms. The van der Waals surface area contributed by atoms with Crippen molar-refractivity contribution in [1.29, 1.82) is 0 Å². The summed E-state index contributed by atoms with van der Waals surface area (Å²) in [6.45, 7) is 10.0. The van der Waals surface area contributed by atoms with Gasteiger partial charge in [0.05, 0.1) is 0 Å². The number of nitrogens with zero attached hydrogens (tertiary/aromatic N) is 2. The van der Waals surface area contributed by atoms with Gasteiger partial charge in [0.2, 0.25) is 5.91 Å². The van der Waals surface area contributed by atoms with E-state index in [1.165, 1.54) is 24.3 Å². The molecule has 1 fully saturated rings. The van der Waals surface area contributed by atoms with E-state index in [2.05, 4.69) is 18.7 Å². The molecular formula is C22H29FN2O3. The third kappa shape index (κ3) is 5.96. The van der Waals surface area contributed by atoms with Crippen LogP contribution in [0.4, 0.5) is 4.39 Å². The monoisotopic (exact) mass is 388 g/mol. The van der Waals surface area contributed by atoms with Crippen molar-refractivity contribution in [3.05, 3.63) is 59.4 Å². The van der Waals surface area contributed by atoms with Gasteiger partial charge in [-0.2, -0.15) is 0 Å². The average molecular weight is 388 g/mol. The Hall–Kier alpha value is -2.60. The zero-order valence-corrected chi connectivity index (χ0v) is 16.9. The topological polar surface area (TPSA) is 64.0 Å². The average Bonchev–Trinajstić information content (AvgIpc) is 2.63. The molecule has 0 spiro atoms. The second-order valence-electron chi connectivity index (χ2n) is 7.40. The Labute approximate surface area is 166 Å². The van der Waals surface area contributed by atoms with Crippen LogP contribution in [-0.2, 0) is 11.3 Å². The maximum Gasteiger partial charge on any atom is 0.219 e. The lowest BCUT2D eigenvalue weighted by Gasteiger charge is -2.43. The molecule has 3 rings (SSSR count). The van der Waals surface area contributed by atoms with E-state index in [-0.39, 0.29) is 29.3 Å². The minimum Gasteiger partial charge on any atom is -0.508 e. The SMILES string of the molecule is CC(=O)N1CC(C)N(Cc2ccc(F)cc2)C[C@@H]1C.Cc1ccc(O)cc1O. The molecule has 0 radical (unpaired) electrons. The first-order valence-electron chi connectivity index (χ1n) is 9.41.